The molecule has 0 spiro atoms. The molecule has 0 amide bonds. The zero-order valence-electron chi connectivity index (χ0n) is 8.40. The maximum atomic E-state index is 8.90. The van der Waals surface area contributed by atoms with Gasteiger partial charge in [-0.15, -0.1) is 0 Å². The molecule has 0 heterocycles. The number of methoxy groups -OCH3 is 1. The van der Waals surface area contributed by atoms with E-state index in [4.69, 9.17) is 21.6 Å². The van der Waals surface area contributed by atoms with E-state index in [1.807, 2.05) is 6.19 Å². The lowest BCUT2D eigenvalue weighted by molar-refractivity contribution is 0.415. The van der Waals surface area contributed by atoms with E-state index in [1.165, 1.54) is 4.90 Å². The van der Waals surface area contributed by atoms with Crippen LogP contribution >= 0.6 is 11.6 Å². The van der Waals surface area contributed by atoms with Gasteiger partial charge >= 0.3 is 0 Å². The van der Waals surface area contributed by atoms with Crippen LogP contribution in [0.3, 0.4) is 0 Å². The molecule has 0 aromatic heterocycles. The van der Waals surface area contributed by atoms with Crippen molar-refractivity contribution in [2.45, 2.75) is 0 Å². The number of hydrogen-bond acceptors (Lipinski definition) is 3. The Morgan fingerprint density at radius 2 is 2.13 bits per heavy atom. The van der Waals surface area contributed by atoms with Gasteiger partial charge in [-0.2, -0.15) is 5.26 Å². The van der Waals surface area contributed by atoms with Gasteiger partial charge in [-0.25, -0.2) is 0 Å². The Bertz CT molecular complexity index is 381. The molecule has 0 N–H and O–H groups in total. The Morgan fingerprint density at radius 3 is 2.53 bits per heavy atom. The summed E-state index contributed by atoms with van der Waals surface area (Å²) in [6.07, 6.45) is 2.03. The Morgan fingerprint density at radius 1 is 1.53 bits per heavy atom. The minimum absolute atomic E-state index is 0.310. The summed E-state index contributed by atoms with van der Waals surface area (Å²) in [5.74, 6) is 0.751. The van der Waals surface area contributed by atoms with Crippen molar-refractivity contribution in [2.24, 2.45) is 0 Å². The lowest BCUT2D eigenvalue weighted by Crippen LogP contribution is -2.17. The highest BCUT2D eigenvalue weighted by molar-refractivity contribution is 6.29. The van der Waals surface area contributed by atoms with Crippen LogP contribution in [0.25, 0.3) is 0 Å². The zero-order valence-corrected chi connectivity index (χ0v) is 9.16. The van der Waals surface area contributed by atoms with Crippen molar-refractivity contribution in [1.29, 1.82) is 5.26 Å². The smallest absolute Gasteiger partial charge is 0.184 e. The summed E-state index contributed by atoms with van der Waals surface area (Å²) in [7, 11) is 1.59. The fourth-order valence-electron chi connectivity index (χ4n) is 1.12. The van der Waals surface area contributed by atoms with Crippen molar-refractivity contribution in [3.8, 4) is 11.9 Å². The third-order valence-corrected chi connectivity index (χ3v) is 1.95. The van der Waals surface area contributed by atoms with Gasteiger partial charge in [0.25, 0.3) is 0 Å². The van der Waals surface area contributed by atoms with Crippen LogP contribution in [0.2, 0.25) is 0 Å². The SMILES string of the molecule is C=C(Cl)CN(C#N)c1ccc(OC)cc1. The molecule has 0 fully saturated rings. The van der Waals surface area contributed by atoms with Gasteiger partial charge in [0.1, 0.15) is 5.75 Å². The van der Waals surface area contributed by atoms with Gasteiger partial charge in [0, 0.05) is 5.03 Å². The van der Waals surface area contributed by atoms with Crippen molar-refractivity contribution in [2.75, 3.05) is 18.6 Å². The normalized spacial score (nSPS) is 9.13. The summed E-state index contributed by atoms with van der Waals surface area (Å²) in [5, 5.41) is 9.32. The Hall–Kier alpha value is -1.66. The second-order valence-electron chi connectivity index (χ2n) is 2.90. The third-order valence-electron chi connectivity index (χ3n) is 1.83. The summed E-state index contributed by atoms with van der Waals surface area (Å²) >= 11 is 5.65. The average Bonchev–Trinajstić information content (AvgIpc) is 2.26. The van der Waals surface area contributed by atoms with Gasteiger partial charge in [0.05, 0.1) is 19.3 Å². The number of ether oxygens (including phenoxy) is 1. The van der Waals surface area contributed by atoms with Crippen LogP contribution in [0.15, 0.2) is 35.9 Å². The van der Waals surface area contributed by atoms with E-state index in [-0.39, 0.29) is 0 Å². The Balaban J connectivity index is 2.84. The van der Waals surface area contributed by atoms with E-state index < -0.39 is 0 Å². The summed E-state index contributed by atoms with van der Waals surface area (Å²) in [4.78, 5) is 1.45. The van der Waals surface area contributed by atoms with E-state index in [1.54, 1.807) is 31.4 Å². The molecule has 4 heteroatoms. The fourth-order valence-corrected chi connectivity index (χ4v) is 1.24. The molecule has 78 valence electrons. The van der Waals surface area contributed by atoms with Crippen molar-refractivity contribution >= 4 is 17.3 Å². The summed E-state index contributed by atoms with van der Waals surface area (Å²) in [5.41, 5.74) is 0.764. The predicted octanol–water partition coefficient (Wildman–Crippen LogP) is 2.74. The highest BCUT2D eigenvalue weighted by Gasteiger charge is 2.05. The van der Waals surface area contributed by atoms with Crippen molar-refractivity contribution in [3.05, 3.63) is 35.9 Å². The monoisotopic (exact) mass is 222 g/mol. The van der Waals surface area contributed by atoms with Gasteiger partial charge in [-0.3, -0.25) is 4.90 Å². The second-order valence-corrected chi connectivity index (χ2v) is 3.44. The Kier molecular flexibility index (Phi) is 4.02. The van der Waals surface area contributed by atoms with Crippen LogP contribution in [-0.2, 0) is 0 Å². The van der Waals surface area contributed by atoms with Crippen LogP contribution in [0.5, 0.6) is 5.75 Å². The number of hydrogen-bond donors (Lipinski definition) is 0. The molecule has 0 atom stereocenters. The first-order valence-corrected chi connectivity index (χ1v) is 4.69. The van der Waals surface area contributed by atoms with Crippen LogP contribution in [0.1, 0.15) is 0 Å². The predicted molar refractivity (Wildman–Crippen MR) is 60.9 cm³/mol. The molecule has 3 nitrogen and oxygen atoms in total. The quantitative estimate of drug-likeness (QED) is 0.581. The number of nitrogens with zero attached hydrogens (tertiary/aromatic N) is 2. The number of benzene rings is 1. The van der Waals surface area contributed by atoms with Gasteiger partial charge in [-0.1, -0.05) is 18.2 Å². The maximum Gasteiger partial charge on any atom is 0.184 e. The molecule has 0 radical (unpaired) electrons. The second kappa shape index (κ2) is 5.28. The molecular weight excluding hydrogens is 212 g/mol. The van der Waals surface area contributed by atoms with Crippen LogP contribution in [-0.4, -0.2) is 13.7 Å². The van der Waals surface area contributed by atoms with Crippen LogP contribution in [0.4, 0.5) is 5.69 Å². The molecule has 0 unspecified atom stereocenters. The number of halogens is 1. The molecule has 0 bridgehead atoms. The molecule has 1 rings (SSSR count). The van der Waals surface area contributed by atoms with Gasteiger partial charge in [-0.05, 0) is 24.3 Å². The fraction of sp³-hybridized carbons (Fsp3) is 0.182. The third kappa shape index (κ3) is 3.19. The molecule has 0 aliphatic heterocycles. The van der Waals surface area contributed by atoms with Crippen molar-refractivity contribution < 1.29 is 4.74 Å². The van der Waals surface area contributed by atoms with Gasteiger partial charge in [0.2, 0.25) is 0 Å². The topological polar surface area (TPSA) is 36.3 Å². The molecule has 1 aromatic rings. The molecule has 0 aliphatic carbocycles. The molecule has 0 aliphatic rings. The molecule has 15 heavy (non-hydrogen) atoms. The van der Waals surface area contributed by atoms with E-state index >= 15 is 0 Å². The molecule has 0 saturated carbocycles. The average molecular weight is 223 g/mol. The van der Waals surface area contributed by atoms with Crippen molar-refractivity contribution in [1.82, 2.24) is 0 Å². The zero-order chi connectivity index (χ0) is 11.3. The molecule has 0 saturated heterocycles. The van der Waals surface area contributed by atoms with E-state index in [0.29, 0.717) is 11.6 Å². The standard InChI is InChI=1S/C11H11ClN2O/c1-9(12)7-14(8-13)10-3-5-11(15-2)6-4-10/h3-6H,1,7H2,2H3. The highest BCUT2D eigenvalue weighted by atomic mass is 35.5. The largest absolute Gasteiger partial charge is 0.497 e. The lowest BCUT2D eigenvalue weighted by Gasteiger charge is -2.14. The van der Waals surface area contributed by atoms with Crippen LogP contribution in [0, 0.1) is 11.5 Å². The number of nitriles is 1. The number of anilines is 1. The number of rotatable bonds is 4. The van der Waals surface area contributed by atoms with Gasteiger partial charge < -0.3 is 4.74 Å². The first-order chi connectivity index (χ1) is 7.17. The molecular formula is C11H11ClN2O. The van der Waals surface area contributed by atoms with Crippen LogP contribution < -0.4 is 9.64 Å². The van der Waals surface area contributed by atoms with Gasteiger partial charge in [0.15, 0.2) is 6.19 Å². The van der Waals surface area contributed by atoms with E-state index in [9.17, 15) is 0 Å². The summed E-state index contributed by atoms with van der Waals surface area (Å²) < 4.78 is 5.02. The summed E-state index contributed by atoms with van der Waals surface area (Å²) in [6, 6.07) is 7.16. The van der Waals surface area contributed by atoms with E-state index in [0.717, 1.165) is 11.4 Å². The summed E-state index contributed by atoms with van der Waals surface area (Å²) in [6.45, 7) is 3.86. The first-order valence-electron chi connectivity index (χ1n) is 4.32. The minimum Gasteiger partial charge on any atom is -0.497 e. The van der Waals surface area contributed by atoms with Crippen molar-refractivity contribution in [3.63, 3.8) is 0 Å². The van der Waals surface area contributed by atoms with E-state index in [2.05, 4.69) is 6.58 Å². The lowest BCUT2D eigenvalue weighted by atomic mass is 10.3. The highest BCUT2D eigenvalue weighted by Crippen LogP contribution is 2.19. The maximum absolute atomic E-state index is 8.90. The first kappa shape index (κ1) is 11.4. The minimum atomic E-state index is 0.310. The molecule has 1 aromatic carbocycles. The Labute approximate surface area is 94.1 Å².